The van der Waals surface area contributed by atoms with E-state index in [1.807, 2.05) is 0 Å². The Morgan fingerprint density at radius 3 is 2.65 bits per heavy atom. The summed E-state index contributed by atoms with van der Waals surface area (Å²) in [5.41, 5.74) is -0.677. The highest BCUT2D eigenvalue weighted by Crippen LogP contribution is 2.20. The molecule has 1 unspecified atom stereocenters. The fourth-order valence-corrected chi connectivity index (χ4v) is 1.41. The molecule has 108 valence electrons. The molecule has 8 nitrogen and oxygen atoms in total. The van der Waals surface area contributed by atoms with E-state index in [0.717, 1.165) is 12.1 Å². The van der Waals surface area contributed by atoms with Gasteiger partial charge < -0.3 is 15.7 Å². The van der Waals surface area contributed by atoms with Crippen LogP contribution < -0.4 is 10.6 Å². The van der Waals surface area contributed by atoms with Gasteiger partial charge in [0.2, 0.25) is 0 Å². The topological polar surface area (TPSA) is 122 Å². The van der Waals surface area contributed by atoms with E-state index in [1.165, 1.54) is 6.92 Å². The number of amides is 2. The highest BCUT2D eigenvalue weighted by atomic mass is 19.1. The summed E-state index contributed by atoms with van der Waals surface area (Å²) in [6.07, 6.45) is -0.282. The summed E-state index contributed by atoms with van der Waals surface area (Å²) in [6.45, 7) is 1.47. The molecule has 0 saturated carbocycles. The first kappa shape index (κ1) is 15.3. The van der Waals surface area contributed by atoms with Gasteiger partial charge in [-0.05, 0) is 13.0 Å². The molecule has 0 radical (unpaired) electrons. The zero-order valence-electron chi connectivity index (χ0n) is 10.4. The van der Waals surface area contributed by atoms with Crippen LogP contribution in [0.25, 0.3) is 0 Å². The van der Waals surface area contributed by atoms with Crippen LogP contribution in [0.1, 0.15) is 13.3 Å². The Morgan fingerprint density at radius 1 is 1.50 bits per heavy atom. The van der Waals surface area contributed by atoms with E-state index < -0.39 is 34.5 Å². The third-order valence-electron chi connectivity index (χ3n) is 2.27. The van der Waals surface area contributed by atoms with E-state index in [2.05, 4.69) is 10.6 Å². The van der Waals surface area contributed by atoms with E-state index in [1.54, 1.807) is 0 Å². The number of hydrogen-bond donors (Lipinski definition) is 3. The highest BCUT2D eigenvalue weighted by molar-refractivity contribution is 5.90. The van der Waals surface area contributed by atoms with Gasteiger partial charge in [-0.1, -0.05) is 0 Å². The van der Waals surface area contributed by atoms with Crippen molar-refractivity contribution in [1.82, 2.24) is 5.32 Å². The van der Waals surface area contributed by atoms with Crippen molar-refractivity contribution in [2.45, 2.75) is 19.4 Å². The van der Waals surface area contributed by atoms with Crippen LogP contribution in [0.15, 0.2) is 18.2 Å². The maximum absolute atomic E-state index is 13.5. The summed E-state index contributed by atoms with van der Waals surface area (Å²) in [7, 11) is 0. The van der Waals surface area contributed by atoms with Crippen LogP contribution in [0.4, 0.5) is 20.6 Å². The Morgan fingerprint density at radius 2 is 2.15 bits per heavy atom. The van der Waals surface area contributed by atoms with Gasteiger partial charge in [0.05, 0.1) is 23.1 Å². The molecular weight excluding hydrogens is 273 g/mol. The van der Waals surface area contributed by atoms with Gasteiger partial charge in [0, 0.05) is 12.1 Å². The number of nitrogens with one attached hydrogen (secondary N) is 2. The zero-order valence-corrected chi connectivity index (χ0v) is 10.4. The number of rotatable bonds is 5. The van der Waals surface area contributed by atoms with Crippen molar-refractivity contribution in [2.24, 2.45) is 0 Å². The Kier molecular flexibility index (Phi) is 4.95. The molecule has 0 aliphatic heterocycles. The SMILES string of the molecule is CC(CC(=O)O)NC(=O)Nc1ccc([N+](=O)[O-])cc1F. The number of aliphatic carboxylic acids is 1. The number of nitro benzene ring substituents is 1. The number of non-ortho nitro benzene ring substituents is 1. The van der Waals surface area contributed by atoms with Gasteiger partial charge in [0.15, 0.2) is 5.82 Å². The number of urea groups is 1. The number of anilines is 1. The number of halogens is 1. The number of benzene rings is 1. The first-order valence-corrected chi connectivity index (χ1v) is 5.53. The Labute approximate surface area is 112 Å². The molecule has 0 fully saturated rings. The molecule has 0 aliphatic carbocycles. The largest absolute Gasteiger partial charge is 0.481 e. The van der Waals surface area contributed by atoms with Crippen LogP contribution >= 0.6 is 0 Å². The summed E-state index contributed by atoms with van der Waals surface area (Å²) in [4.78, 5) is 31.5. The third-order valence-corrected chi connectivity index (χ3v) is 2.27. The second kappa shape index (κ2) is 6.45. The first-order chi connectivity index (χ1) is 9.29. The molecule has 1 aromatic rings. The van der Waals surface area contributed by atoms with Gasteiger partial charge >= 0.3 is 12.0 Å². The van der Waals surface area contributed by atoms with Gasteiger partial charge in [0.1, 0.15) is 0 Å². The van der Waals surface area contributed by atoms with Gasteiger partial charge in [-0.3, -0.25) is 14.9 Å². The summed E-state index contributed by atoms with van der Waals surface area (Å²) in [5, 5.41) is 23.4. The lowest BCUT2D eigenvalue weighted by Gasteiger charge is -2.12. The quantitative estimate of drug-likeness (QED) is 0.561. The number of hydrogen-bond acceptors (Lipinski definition) is 4. The molecule has 1 atom stereocenters. The number of carboxylic acid groups (broad SMARTS) is 1. The van der Waals surface area contributed by atoms with Crippen LogP contribution in [-0.2, 0) is 4.79 Å². The summed E-state index contributed by atoms with van der Waals surface area (Å²) >= 11 is 0. The summed E-state index contributed by atoms with van der Waals surface area (Å²) < 4.78 is 13.5. The lowest BCUT2D eigenvalue weighted by Crippen LogP contribution is -2.37. The first-order valence-electron chi connectivity index (χ1n) is 5.53. The molecule has 1 rings (SSSR count). The minimum atomic E-state index is -1.08. The second-order valence-corrected chi connectivity index (χ2v) is 4.02. The second-order valence-electron chi connectivity index (χ2n) is 4.02. The maximum Gasteiger partial charge on any atom is 0.319 e. The van der Waals surface area contributed by atoms with Crippen molar-refractivity contribution in [2.75, 3.05) is 5.32 Å². The predicted molar refractivity (Wildman–Crippen MR) is 66.9 cm³/mol. The van der Waals surface area contributed by atoms with Crippen molar-refractivity contribution in [3.63, 3.8) is 0 Å². The van der Waals surface area contributed by atoms with E-state index in [-0.39, 0.29) is 12.1 Å². The Bertz CT molecular complexity index is 549. The molecule has 3 N–H and O–H groups in total. The van der Waals surface area contributed by atoms with Gasteiger partial charge in [-0.2, -0.15) is 0 Å². The molecule has 0 aliphatic rings. The zero-order chi connectivity index (χ0) is 15.3. The van der Waals surface area contributed by atoms with E-state index in [0.29, 0.717) is 6.07 Å². The number of carbonyl (C=O) groups excluding carboxylic acids is 1. The normalized spacial score (nSPS) is 11.5. The molecule has 0 aromatic heterocycles. The van der Waals surface area contributed by atoms with E-state index in [4.69, 9.17) is 5.11 Å². The van der Waals surface area contributed by atoms with Crippen LogP contribution in [0.3, 0.4) is 0 Å². The van der Waals surface area contributed by atoms with Crippen LogP contribution in [0, 0.1) is 15.9 Å². The standard InChI is InChI=1S/C11H12FN3O5/c1-6(4-10(16)17)13-11(18)14-9-3-2-7(15(19)20)5-8(9)12/h2-3,5-6H,4H2,1H3,(H,16,17)(H2,13,14,18). The molecule has 1 aromatic carbocycles. The fraction of sp³-hybridized carbons (Fsp3) is 0.273. The smallest absolute Gasteiger partial charge is 0.319 e. The van der Waals surface area contributed by atoms with E-state index in [9.17, 15) is 24.1 Å². The van der Waals surface area contributed by atoms with Crippen molar-refractivity contribution in [3.05, 3.63) is 34.1 Å². The fourth-order valence-electron chi connectivity index (χ4n) is 1.41. The molecule has 9 heteroatoms. The number of nitrogens with zero attached hydrogens (tertiary/aromatic N) is 1. The molecule has 20 heavy (non-hydrogen) atoms. The molecule has 0 saturated heterocycles. The molecule has 2 amide bonds. The highest BCUT2D eigenvalue weighted by Gasteiger charge is 2.14. The lowest BCUT2D eigenvalue weighted by molar-refractivity contribution is -0.385. The Balaban J connectivity index is 2.67. The van der Waals surface area contributed by atoms with Crippen LogP contribution in [0.5, 0.6) is 0 Å². The molecule has 0 bridgehead atoms. The molecular formula is C11H12FN3O5. The number of carboxylic acids is 1. The van der Waals surface area contributed by atoms with Gasteiger partial charge in [0.25, 0.3) is 5.69 Å². The average Bonchev–Trinajstić information content (AvgIpc) is 2.30. The molecule has 0 spiro atoms. The minimum absolute atomic E-state index is 0.240. The number of nitro groups is 1. The monoisotopic (exact) mass is 285 g/mol. The minimum Gasteiger partial charge on any atom is -0.481 e. The summed E-state index contributed by atoms with van der Waals surface area (Å²) in [5.74, 6) is -2.04. The van der Waals surface area contributed by atoms with Crippen LogP contribution in [-0.4, -0.2) is 28.1 Å². The van der Waals surface area contributed by atoms with E-state index >= 15 is 0 Å². The van der Waals surface area contributed by atoms with Crippen molar-refractivity contribution in [1.29, 1.82) is 0 Å². The van der Waals surface area contributed by atoms with Crippen molar-refractivity contribution in [3.8, 4) is 0 Å². The summed E-state index contributed by atoms with van der Waals surface area (Å²) in [6, 6.07) is 1.32. The molecule has 0 heterocycles. The van der Waals surface area contributed by atoms with Gasteiger partial charge in [-0.25, -0.2) is 9.18 Å². The van der Waals surface area contributed by atoms with Crippen LogP contribution in [0.2, 0.25) is 0 Å². The number of carbonyl (C=O) groups is 2. The predicted octanol–water partition coefficient (Wildman–Crippen LogP) is 1.72. The lowest BCUT2D eigenvalue weighted by atomic mass is 10.2. The van der Waals surface area contributed by atoms with Crippen molar-refractivity contribution >= 4 is 23.4 Å². The maximum atomic E-state index is 13.5. The van der Waals surface area contributed by atoms with Gasteiger partial charge in [-0.15, -0.1) is 0 Å². The average molecular weight is 285 g/mol. The van der Waals surface area contributed by atoms with Crippen molar-refractivity contribution < 1.29 is 24.0 Å². The Hall–Kier alpha value is -2.71. The third kappa shape index (κ3) is 4.52.